The van der Waals surface area contributed by atoms with Gasteiger partial charge >= 0.3 is 0 Å². The second kappa shape index (κ2) is 2.85. The van der Waals surface area contributed by atoms with E-state index in [1.165, 1.54) is 6.33 Å². The van der Waals surface area contributed by atoms with Crippen LogP contribution in [-0.4, -0.2) is 20.4 Å². The van der Waals surface area contributed by atoms with Gasteiger partial charge in [0.05, 0.1) is 0 Å². The van der Waals surface area contributed by atoms with E-state index in [1.54, 1.807) is 17.0 Å². The van der Waals surface area contributed by atoms with Gasteiger partial charge in [0.2, 0.25) is 5.91 Å². The predicted octanol–water partition coefficient (Wildman–Crippen LogP) is -0.0834. The number of primary amides is 1. The minimum atomic E-state index is -0.379. The third kappa shape index (κ3) is 1.35. The fourth-order valence-electron chi connectivity index (χ4n) is 1.23. The lowest BCUT2D eigenvalue weighted by Crippen LogP contribution is -2.18. The minimum Gasteiger partial charge on any atom is -0.368 e. The van der Waals surface area contributed by atoms with E-state index in [-0.39, 0.29) is 12.5 Å². The molecule has 5 nitrogen and oxygen atoms in total. The summed E-state index contributed by atoms with van der Waals surface area (Å²) >= 11 is 0. The zero-order chi connectivity index (χ0) is 9.26. The largest absolute Gasteiger partial charge is 0.368 e. The zero-order valence-electron chi connectivity index (χ0n) is 6.84. The number of aromatic nitrogens is 3. The van der Waals surface area contributed by atoms with Gasteiger partial charge < -0.3 is 10.3 Å². The van der Waals surface area contributed by atoms with Gasteiger partial charge in [-0.05, 0) is 6.07 Å². The van der Waals surface area contributed by atoms with E-state index in [9.17, 15) is 4.79 Å². The predicted molar refractivity (Wildman–Crippen MR) is 46.7 cm³/mol. The van der Waals surface area contributed by atoms with Crippen LogP contribution in [0.3, 0.4) is 0 Å². The van der Waals surface area contributed by atoms with E-state index in [0.29, 0.717) is 0 Å². The summed E-state index contributed by atoms with van der Waals surface area (Å²) in [6.07, 6.45) is 4.91. The topological polar surface area (TPSA) is 73.8 Å². The van der Waals surface area contributed by atoms with Gasteiger partial charge in [0.1, 0.15) is 18.5 Å². The van der Waals surface area contributed by atoms with Crippen molar-refractivity contribution >= 4 is 16.9 Å². The molecule has 0 saturated heterocycles. The number of nitrogens with two attached hydrogens (primary N) is 1. The Balaban J connectivity index is 2.51. The van der Waals surface area contributed by atoms with Crippen molar-refractivity contribution in [3.05, 3.63) is 24.8 Å². The van der Waals surface area contributed by atoms with Gasteiger partial charge in [-0.3, -0.25) is 4.79 Å². The van der Waals surface area contributed by atoms with E-state index >= 15 is 0 Å². The summed E-state index contributed by atoms with van der Waals surface area (Å²) in [5.41, 5.74) is 5.80. The summed E-state index contributed by atoms with van der Waals surface area (Å²) in [6.45, 7) is 0.153. The van der Waals surface area contributed by atoms with E-state index in [2.05, 4.69) is 9.97 Å². The number of hydrogen-bond acceptors (Lipinski definition) is 3. The van der Waals surface area contributed by atoms with Gasteiger partial charge in [-0.1, -0.05) is 0 Å². The van der Waals surface area contributed by atoms with Crippen LogP contribution in [0, 0.1) is 0 Å². The Bertz CT molecular complexity index is 448. The standard InChI is InChI=1S/C8H8N4O/c9-7(13)4-12-2-1-6-3-10-5-11-8(6)12/h1-3,5H,4H2,(H2,9,13). The molecule has 0 aliphatic heterocycles. The second-order valence-electron chi connectivity index (χ2n) is 2.71. The van der Waals surface area contributed by atoms with Crippen molar-refractivity contribution in [3.63, 3.8) is 0 Å². The molecular formula is C8H8N4O. The van der Waals surface area contributed by atoms with E-state index in [0.717, 1.165) is 11.0 Å². The molecule has 5 heteroatoms. The molecule has 2 heterocycles. The molecule has 0 fully saturated rings. The molecule has 2 N–H and O–H groups in total. The van der Waals surface area contributed by atoms with Gasteiger partial charge in [0, 0.05) is 17.8 Å². The number of nitrogens with zero attached hydrogens (tertiary/aromatic N) is 3. The van der Waals surface area contributed by atoms with E-state index in [1.807, 2.05) is 6.07 Å². The first-order chi connectivity index (χ1) is 6.27. The summed E-state index contributed by atoms with van der Waals surface area (Å²) in [4.78, 5) is 18.6. The Hall–Kier alpha value is -1.91. The summed E-state index contributed by atoms with van der Waals surface area (Å²) < 4.78 is 1.69. The molecule has 2 aromatic rings. The Morgan fingerprint density at radius 3 is 3.23 bits per heavy atom. The number of fused-ring (bicyclic) bond motifs is 1. The monoisotopic (exact) mass is 176 g/mol. The summed E-state index contributed by atoms with van der Waals surface area (Å²) in [6, 6.07) is 1.85. The highest BCUT2D eigenvalue weighted by atomic mass is 16.1. The van der Waals surface area contributed by atoms with Crippen LogP contribution in [0.4, 0.5) is 0 Å². The zero-order valence-corrected chi connectivity index (χ0v) is 6.84. The van der Waals surface area contributed by atoms with Gasteiger partial charge in [-0.25, -0.2) is 9.97 Å². The van der Waals surface area contributed by atoms with Crippen molar-refractivity contribution in [2.24, 2.45) is 5.73 Å². The number of carbonyl (C=O) groups is 1. The molecule has 1 amide bonds. The van der Waals surface area contributed by atoms with Crippen LogP contribution < -0.4 is 5.73 Å². The number of carbonyl (C=O) groups excluding carboxylic acids is 1. The van der Waals surface area contributed by atoms with Gasteiger partial charge in [-0.2, -0.15) is 0 Å². The highest BCUT2D eigenvalue weighted by Gasteiger charge is 2.03. The smallest absolute Gasteiger partial charge is 0.237 e. The third-order valence-electron chi connectivity index (χ3n) is 1.75. The molecule has 2 rings (SSSR count). The Labute approximate surface area is 74.2 Å². The normalized spacial score (nSPS) is 10.5. The fraction of sp³-hybridized carbons (Fsp3) is 0.125. The Morgan fingerprint density at radius 1 is 1.62 bits per heavy atom. The van der Waals surface area contributed by atoms with Crippen LogP contribution in [0.5, 0.6) is 0 Å². The van der Waals surface area contributed by atoms with Gasteiger partial charge in [-0.15, -0.1) is 0 Å². The Morgan fingerprint density at radius 2 is 2.46 bits per heavy atom. The number of rotatable bonds is 2. The lowest BCUT2D eigenvalue weighted by molar-refractivity contribution is -0.118. The quantitative estimate of drug-likeness (QED) is 0.695. The average Bonchev–Trinajstić information content (AvgIpc) is 2.48. The molecule has 13 heavy (non-hydrogen) atoms. The molecule has 0 aliphatic carbocycles. The maximum atomic E-state index is 10.7. The average molecular weight is 176 g/mol. The van der Waals surface area contributed by atoms with Crippen LogP contribution >= 0.6 is 0 Å². The SMILES string of the molecule is NC(=O)Cn1ccc2cncnc21. The van der Waals surface area contributed by atoms with Crippen LogP contribution in [0.2, 0.25) is 0 Å². The molecular weight excluding hydrogens is 168 g/mol. The van der Waals surface area contributed by atoms with Crippen molar-refractivity contribution in [1.82, 2.24) is 14.5 Å². The molecule has 0 bridgehead atoms. The number of amides is 1. The van der Waals surface area contributed by atoms with Crippen LogP contribution in [0.1, 0.15) is 0 Å². The summed E-state index contributed by atoms with van der Waals surface area (Å²) in [5.74, 6) is -0.379. The van der Waals surface area contributed by atoms with Crippen LogP contribution in [0.25, 0.3) is 11.0 Å². The fourth-order valence-corrected chi connectivity index (χ4v) is 1.23. The first-order valence-electron chi connectivity index (χ1n) is 3.80. The Kier molecular flexibility index (Phi) is 1.70. The van der Waals surface area contributed by atoms with E-state index < -0.39 is 0 Å². The van der Waals surface area contributed by atoms with Crippen molar-refractivity contribution in [2.75, 3.05) is 0 Å². The van der Waals surface area contributed by atoms with Crippen LogP contribution in [0.15, 0.2) is 24.8 Å². The lowest BCUT2D eigenvalue weighted by atomic mass is 10.4. The minimum absolute atomic E-state index is 0.153. The highest BCUT2D eigenvalue weighted by Crippen LogP contribution is 2.09. The molecule has 0 spiro atoms. The van der Waals surface area contributed by atoms with Crippen molar-refractivity contribution in [2.45, 2.75) is 6.54 Å². The van der Waals surface area contributed by atoms with E-state index in [4.69, 9.17) is 5.73 Å². The number of hydrogen-bond donors (Lipinski definition) is 1. The summed E-state index contributed by atoms with van der Waals surface area (Å²) in [5, 5.41) is 0.906. The van der Waals surface area contributed by atoms with Crippen LogP contribution in [-0.2, 0) is 11.3 Å². The van der Waals surface area contributed by atoms with Gasteiger partial charge in [0.15, 0.2) is 0 Å². The van der Waals surface area contributed by atoms with Crippen molar-refractivity contribution in [1.29, 1.82) is 0 Å². The third-order valence-corrected chi connectivity index (χ3v) is 1.75. The molecule has 0 aliphatic rings. The summed E-state index contributed by atoms with van der Waals surface area (Å²) in [7, 11) is 0. The highest BCUT2D eigenvalue weighted by molar-refractivity contribution is 5.79. The molecule has 0 radical (unpaired) electrons. The molecule has 0 aromatic carbocycles. The van der Waals surface area contributed by atoms with Crippen molar-refractivity contribution < 1.29 is 4.79 Å². The molecule has 0 atom stereocenters. The lowest BCUT2D eigenvalue weighted by Gasteiger charge is -1.99. The molecule has 0 saturated carbocycles. The van der Waals surface area contributed by atoms with Gasteiger partial charge in [0.25, 0.3) is 0 Å². The first kappa shape index (κ1) is 7.72. The second-order valence-corrected chi connectivity index (χ2v) is 2.71. The van der Waals surface area contributed by atoms with Crippen molar-refractivity contribution in [3.8, 4) is 0 Å². The molecule has 0 unspecified atom stereocenters. The first-order valence-corrected chi connectivity index (χ1v) is 3.80. The molecule has 66 valence electrons. The maximum Gasteiger partial charge on any atom is 0.237 e. The maximum absolute atomic E-state index is 10.7. The molecule has 2 aromatic heterocycles.